The SMILES string of the molecule is CN1CCCC(CNC(=O)c2[nH]cnc2C(=O)Nc2ccc(CC(=O)c3ccc(F)cc3Cl)cc2)C1. The lowest BCUT2D eigenvalue weighted by Gasteiger charge is -2.29. The van der Waals surface area contributed by atoms with Crippen LogP contribution in [0.5, 0.6) is 0 Å². The molecule has 0 spiro atoms. The number of benzene rings is 2. The van der Waals surface area contributed by atoms with Crippen LogP contribution in [-0.4, -0.2) is 59.1 Å². The van der Waals surface area contributed by atoms with E-state index < -0.39 is 11.7 Å². The highest BCUT2D eigenvalue weighted by Crippen LogP contribution is 2.20. The van der Waals surface area contributed by atoms with E-state index >= 15 is 0 Å². The maximum absolute atomic E-state index is 13.2. The molecule has 1 aliphatic heterocycles. The monoisotopic (exact) mass is 511 g/mol. The van der Waals surface area contributed by atoms with Gasteiger partial charge in [0.2, 0.25) is 0 Å². The number of Topliss-reactive ketones (excluding diaryl/α,β-unsaturated/α-hetero) is 1. The first kappa shape index (κ1) is 25.5. The van der Waals surface area contributed by atoms with Gasteiger partial charge in [-0.25, -0.2) is 9.37 Å². The van der Waals surface area contributed by atoms with Gasteiger partial charge in [-0.05, 0) is 68.2 Å². The van der Waals surface area contributed by atoms with Gasteiger partial charge >= 0.3 is 0 Å². The summed E-state index contributed by atoms with van der Waals surface area (Å²) in [5.74, 6) is -1.28. The predicted molar refractivity (Wildman–Crippen MR) is 135 cm³/mol. The van der Waals surface area contributed by atoms with Crippen molar-refractivity contribution in [3.05, 3.63) is 82.1 Å². The van der Waals surface area contributed by atoms with Crippen molar-refractivity contribution in [2.45, 2.75) is 19.3 Å². The number of hydrogen-bond donors (Lipinski definition) is 3. The van der Waals surface area contributed by atoms with E-state index in [4.69, 9.17) is 11.6 Å². The van der Waals surface area contributed by atoms with Crippen molar-refractivity contribution in [2.24, 2.45) is 5.92 Å². The number of piperidine rings is 1. The van der Waals surface area contributed by atoms with Gasteiger partial charge in [-0.2, -0.15) is 0 Å². The number of amides is 2. The summed E-state index contributed by atoms with van der Waals surface area (Å²) >= 11 is 5.97. The lowest BCUT2D eigenvalue weighted by atomic mass is 9.98. The molecule has 0 radical (unpaired) electrons. The second kappa shape index (κ2) is 11.5. The molecule has 1 fully saturated rings. The highest BCUT2D eigenvalue weighted by Gasteiger charge is 2.23. The van der Waals surface area contributed by atoms with Crippen molar-refractivity contribution >= 4 is 34.9 Å². The molecule has 4 rings (SSSR count). The van der Waals surface area contributed by atoms with Crippen LogP contribution in [0.2, 0.25) is 5.02 Å². The van der Waals surface area contributed by atoms with E-state index in [1.54, 1.807) is 24.3 Å². The second-order valence-corrected chi connectivity index (χ2v) is 9.39. The summed E-state index contributed by atoms with van der Waals surface area (Å²) in [5, 5.41) is 5.69. The summed E-state index contributed by atoms with van der Waals surface area (Å²) in [5.41, 5.74) is 1.53. The average molecular weight is 512 g/mol. The number of anilines is 1. The third kappa shape index (κ3) is 6.35. The highest BCUT2D eigenvalue weighted by atomic mass is 35.5. The molecule has 1 aliphatic rings. The second-order valence-electron chi connectivity index (χ2n) is 8.98. The number of likely N-dealkylation sites (tertiary alicyclic amines) is 1. The van der Waals surface area contributed by atoms with Gasteiger partial charge in [-0.3, -0.25) is 14.4 Å². The summed E-state index contributed by atoms with van der Waals surface area (Å²) in [6.07, 6.45) is 3.54. The number of ketones is 1. The van der Waals surface area contributed by atoms with E-state index in [2.05, 4.69) is 32.5 Å². The lowest BCUT2D eigenvalue weighted by molar-refractivity contribution is 0.0920. The number of halogens is 2. The first-order chi connectivity index (χ1) is 17.3. The normalized spacial score (nSPS) is 15.9. The fraction of sp³-hybridized carbons (Fsp3) is 0.308. The minimum atomic E-state index is -0.527. The van der Waals surface area contributed by atoms with E-state index in [1.807, 2.05) is 0 Å². The smallest absolute Gasteiger partial charge is 0.276 e. The molecule has 2 aromatic carbocycles. The van der Waals surface area contributed by atoms with Crippen LogP contribution in [0, 0.1) is 11.7 Å². The number of H-pyrrole nitrogens is 1. The molecule has 36 heavy (non-hydrogen) atoms. The molecule has 10 heteroatoms. The average Bonchev–Trinajstić information content (AvgIpc) is 3.34. The minimum Gasteiger partial charge on any atom is -0.350 e. The number of nitrogens with one attached hydrogen (secondary N) is 3. The Hall–Kier alpha value is -3.56. The summed E-state index contributed by atoms with van der Waals surface area (Å²) < 4.78 is 13.2. The molecule has 2 heterocycles. The Morgan fingerprint density at radius 2 is 1.94 bits per heavy atom. The zero-order valence-corrected chi connectivity index (χ0v) is 20.6. The Balaban J connectivity index is 1.34. The van der Waals surface area contributed by atoms with E-state index in [1.165, 1.54) is 18.5 Å². The molecule has 0 aliphatic carbocycles. The molecule has 188 valence electrons. The largest absolute Gasteiger partial charge is 0.350 e. The van der Waals surface area contributed by atoms with Crippen LogP contribution < -0.4 is 10.6 Å². The van der Waals surface area contributed by atoms with Crippen LogP contribution in [-0.2, 0) is 6.42 Å². The molecule has 1 atom stereocenters. The highest BCUT2D eigenvalue weighted by molar-refractivity contribution is 6.34. The third-order valence-corrected chi connectivity index (χ3v) is 6.48. The molecular formula is C26H27ClFN5O3. The quantitative estimate of drug-likeness (QED) is 0.397. The molecule has 1 aromatic heterocycles. The number of nitrogens with zero attached hydrogens (tertiary/aromatic N) is 2. The summed E-state index contributed by atoms with van der Waals surface area (Å²) in [7, 11) is 2.07. The van der Waals surface area contributed by atoms with Crippen molar-refractivity contribution in [2.75, 3.05) is 32.0 Å². The van der Waals surface area contributed by atoms with E-state index in [0.29, 0.717) is 23.7 Å². The van der Waals surface area contributed by atoms with Crippen LogP contribution in [0.4, 0.5) is 10.1 Å². The van der Waals surface area contributed by atoms with E-state index in [-0.39, 0.29) is 40.1 Å². The molecule has 8 nitrogen and oxygen atoms in total. The number of hydrogen-bond acceptors (Lipinski definition) is 5. The zero-order valence-electron chi connectivity index (χ0n) is 19.8. The van der Waals surface area contributed by atoms with Gasteiger partial charge in [0.25, 0.3) is 11.8 Å². The standard InChI is InChI=1S/C26H27ClFN5O3/c1-33-10-2-3-17(14-33)13-29-25(35)23-24(31-15-30-23)26(36)32-19-7-4-16(5-8-19)11-22(34)20-9-6-18(28)12-21(20)27/h4-9,12,15,17H,2-3,10-11,13-14H2,1H3,(H,29,35)(H,30,31)(H,32,36). The summed E-state index contributed by atoms with van der Waals surface area (Å²) in [6.45, 7) is 2.52. The Bertz CT molecular complexity index is 1260. The number of imidazole rings is 1. The molecular weight excluding hydrogens is 485 g/mol. The zero-order chi connectivity index (χ0) is 25.7. The van der Waals surface area contributed by atoms with Crippen LogP contribution in [0.25, 0.3) is 0 Å². The van der Waals surface area contributed by atoms with Crippen LogP contribution >= 0.6 is 11.6 Å². The number of carbonyl (C=O) groups is 3. The van der Waals surface area contributed by atoms with Crippen molar-refractivity contribution in [1.82, 2.24) is 20.2 Å². The van der Waals surface area contributed by atoms with Gasteiger partial charge in [0.1, 0.15) is 11.5 Å². The number of carbonyl (C=O) groups excluding carboxylic acids is 3. The minimum absolute atomic E-state index is 0.00142. The van der Waals surface area contributed by atoms with Gasteiger partial charge in [-0.1, -0.05) is 23.7 Å². The van der Waals surface area contributed by atoms with Crippen LogP contribution in [0.1, 0.15) is 49.7 Å². The molecule has 2 amide bonds. The Morgan fingerprint density at radius 1 is 1.17 bits per heavy atom. The van der Waals surface area contributed by atoms with Gasteiger partial charge in [-0.15, -0.1) is 0 Å². The van der Waals surface area contributed by atoms with Gasteiger partial charge < -0.3 is 20.5 Å². The maximum atomic E-state index is 13.2. The lowest BCUT2D eigenvalue weighted by Crippen LogP contribution is -2.39. The Kier molecular flexibility index (Phi) is 8.12. The van der Waals surface area contributed by atoms with Crippen molar-refractivity contribution in [3.63, 3.8) is 0 Å². The fourth-order valence-corrected chi connectivity index (χ4v) is 4.57. The van der Waals surface area contributed by atoms with Crippen molar-refractivity contribution in [1.29, 1.82) is 0 Å². The number of rotatable bonds is 8. The molecule has 3 aromatic rings. The summed E-state index contributed by atoms with van der Waals surface area (Å²) in [6, 6.07) is 10.4. The molecule has 0 saturated carbocycles. The number of aromatic nitrogens is 2. The van der Waals surface area contributed by atoms with Crippen molar-refractivity contribution < 1.29 is 18.8 Å². The van der Waals surface area contributed by atoms with E-state index in [0.717, 1.165) is 32.0 Å². The van der Waals surface area contributed by atoms with Crippen molar-refractivity contribution in [3.8, 4) is 0 Å². The first-order valence-corrected chi connectivity index (χ1v) is 12.1. The molecule has 1 saturated heterocycles. The number of aromatic amines is 1. The Labute approximate surface area is 213 Å². The third-order valence-electron chi connectivity index (χ3n) is 6.16. The van der Waals surface area contributed by atoms with Gasteiger partial charge in [0.15, 0.2) is 11.5 Å². The topological polar surface area (TPSA) is 107 Å². The first-order valence-electron chi connectivity index (χ1n) is 11.7. The summed E-state index contributed by atoms with van der Waals surface area (Å²) in [4.78, 5) is 47.0. The molecule has 0 bridgehead atoms. The van der Waals surface area contributed by atoms with Crippen LogP contribution in [0.3, 0.4) is 0 Å². The predicted octanol–water partition coefficient (Wildman–Crippen LogP) is 3.95. The van der Waals surface area contributed by atoms with Crippen LogP contribution in [0.15, 0.2) is 48.8 Å². The fourth-order valence-electron chi connectivity index (χ4n) is 4.30. The van der Waals surface area contributed by atoms with Gasteiger partial charge in [0, 0.05) is 30.8 Å². The Morgan fingerprint density at radius 3 is 2.67 bits per heavy atom. The molecule has 3 N–H and O–H groups in total. The molecule has 1 unspecified atom stereocenters. The van der Waals surface area contributed by atoms with Gasteiger partial charge in [0.05, 0.1) is 11.3 Å². The van der Waals surface area contributed by atoms with E-state index in [9.17, 15) is 18.8 Å². The maximum Gasteiger partial charge on any atom is 0.276 e.